The topological polar surface area (TPSA) is 97.6 Å². The molecule has 0 radical (unpaired) electrons. The van der Waals surface area contributed by atoms with Crippen LogP contribution in [0.4, 0.5) is 5.00 Å². The second kappa shape index (κ2) is 7.99. The summed E-state index contributed by atoms with van der Waals surface area (Å²) >= 11 is 1.21. The predicted molar refractivity (Wildman–Crippen MR) is 87.5 cm³/mol. The zero-order valence-electron chi connectivity index (χ0n) is 13.0. The Morgan fingerprint density at radius 3 is 2.71 bits per heavy atom. The van der Waals surface area contributed by atoms with Crippen LogP contribution in [-0.2, 0) is 9.53 Å². The third-order valence-electron chi connectivity index (χ3n) is 3.00. The minimum atomic E-state index is -0.698. The molecule has 0 saturated heterocycles. The zero-order valence-corrected chi connectivity index (χ0v) is 13.8. The van der Waals surface area contributed by atoms with E-state index in [0.29, 0.717) is 16.3 Å². The lowest BCUT2D eigenvalue weighted by molar-refractivity contribution is -0.119. The molecule has 1 N–H and O–H groups in total. The van der Waals surface area contributed by atoms with Crippen LogP contribution in [0.15, 0.2) is 29.6 Å². The smallest absolute Gasteiger partial charge is 0.342 e. The van der Waals surface area contributed by atoms with Crippen molar-refractivity contribution in [3.8, 4) is 17.6 Å². The summed E-state index contributed by atoms with van der Waals surface area (Å²) in [7, 11) is 2.91. The Labute approximate surface area is 142 Å². The van der Waals surface area contributed by atoms with E-state index in [0.717, 1.165) is 0 Å². The fraction of sp³-hybridized carbons (Fsp3) is 0.188. The summed E-state index contributed by atoms with van der Waals surface area (Å²) in [6.45, 7) is -0.475. The van der Waals surface area contributed by atoms with Crippen LogP contribution in [0.3, 0.4) is 0 Å². The summed E-state index contributed by atoms with van der Waals surface area (Å²) < 4.78 is 15.1. The molecule has 24 heavy (non-hydrogen) atoms. The fourth-order valence-electron chi connectivity index (χ4n) is 1.83. The highest BCUT2D eigenvalue weighted by molar-refractivity contribution is 7.14. The van der Waals surface area contributed by atoms with Gasteiger partial charge in [0.15, 0.2) is 6.61 Å². The lowest BCUT2D eigenvalue weighted by Gasteiger charge is -2.10. The quantitative estimate of drug-likeness (QED) is 0.807. The third kappa shape index (κ3) is 4.02. The molecule has 8 heteroatoms. The summed E-state index contributed by atoms with van der Waals surface area (Å²) in [6, 6.07) is 8.17. The van der Waals surface area contributed by atoms with Gasteiger partial charge in [-0.2, -0.15) is 5.26 Å². The predicted octanol–water partition coefficient (Wildman–Crippen LogP) is 2.43. The molecule has 0 aliphatic carbocycles. The minimum Gasteiger partial charge on any atom is -0.497 e. The second-order valence-corrected chi connectivity index (χ2v) is 5.38. The molecule has 0 spiro atoms. The maximum absolute atomic E-state index is 12.1. The number of hydrogen-bond donors (Lipinski definition) is 1. The molecule has 0 atom stereocenters. The van der Waals surface area contributed by atoms with E-state index in [-0.39, 0.29) is 11.3 Å². The molecule has 0 aliphatic heterocycles. The van der Waals surface area contributed by atoms with Crippen molar-refractivity contribution in [2.75, 3.05) is 26.1 Å². The monoisotopic (exact) mass is 346 g/mol. The number of nitrogens with one attached hydrogen (secondary N) is 1. The van der Waals surface area contributed by atoms with E-state index in [4.69, 9.17) is 19.5 Å². The van der Waals surface area contributed by atoms with Crippen LogP contribution in [0.5, 0.6) is 11.5 Å². The number of anilines is 1. The standard InChI is InChI=1S/C16H14N2O5S/c1-21-11-3-4-12(13(7-11)22-2)16(20)23-9-14(19)18-15-10(8-17)5-6-24-15/h3-7H,9H2,1-2H3,(H,18,19). The number of hydrogen-bond acceptors (Lipinski definition) is 7. The molecule has 1 amide bonds. The van der Waals surface area contributed by atoms with Gasteiger partial charge in [0.05, 0.1) is 19.8 Å². The van der Waals surface area contributed by atoms with E-state index in [1.165, 1.54) is 31.6 Å². The highest BCUT2D eigenvalue weighted by atomic mass is 32.1. The molecule has 124 valence electrons. The van der Waals surface area contributed by atoms with E-state index in [9.17, 15) is 9.59 Å². The number of carbonyl (C=O) groups is 2. The van der Waals surface area contributed by atoms with Crippen LogP contribution in [-0.4, -0.2) is 32.7 Å². The molecule has 2 aromatic rings. The highest BCUT2D eigenvalue weighted by Crippen LogP contribution is 2.25. The van der Waals surface area contributed by atoms with Crippen LogP contribution in [0.1, 0.15) is 15.9 Å². The first-order chi connectivity index (χ1) is 11.6. The SMILES string of the molecule is COc1ccc(C(=O)OCC(=O)Nc2sccc2C#N)c(OC)c1. The number of amides is 1. The fourth-order valence-corrected chi connectivity index (χ4v) is 2.59. The van der Waals surface area contributed by atoms with Gasteiger partial charge in [0.1, 0.15) is 28.1 Å². The Kier molecular flexibility index (Phi) is 5.76. The number of thiophene rings is 1. The van der Waals surface area contributed by atoms with Gasteiger partial charge in [-0.3, -0.25) is 4.79 Å². The Morgan fingerprint density at radius 1 is 1.25 bits per heavy atom. The molecule has 1 aromatic carbocycles. The average Bonchev–Trinajstić information content (AvgIpc) is 3.06. The number of esters is 1. The second-order valence-electron chi connectivity index (χ2n) is 4.47. The lowest BCUT2D eigenvalue weighted by atomic mass is 10.2. The molecular formula is C16H14N2O5S. The van der Waals surface area contributed by atoms with Crippen LogP contribution < -0.4 is 14.8 Å². The number of rotatable bonds is 6. The van der Waals surface area contributed by atoms with Gasteiger partial charge in [0, 0.05) is 6.07 Å². The van der Waals surface area contributed by atoms with Gasteiger partial charge in [-0.1, -0.05) is 0 Å². The van der Waals surface area contributed by atoms with Crippen LogP contribution in [0.25, 0.3) is 0 Å². The number of carbonyl (C=O) groups excluding carboxylic acids is 2. The highest BCUT2D eigenvalue weighted by Gasteiger charge is 2.17. The molecule has 0 saturated carbocycles. The number of methoxy groups -OCH3 is 2. The largest absolute Gasteiger partial charge is 0.497 e. The summed E-state index contributed by atoms with van der Waals surface area (Å²) in [4.78, 5) is 23.9. The normalized spacial score (nSPS) is 9.71. The van der Waals surface area contributed by atoms with Crippen molar-refractivity contribution >= 4 is 28.2 Å². The minimum absolute atomic E-state index is 0.180. The van der Waals surface area contributed by atoms with Gasteiger partial charge >= 0.3 is 5.97 Å². The maximum Gasteiger partial charge on any atom is 0.342 e. The lowest BCUT2D eigenvalue weighted by Crippen LogP contribution is -2.21. The molecular weight excluding hydrogens is 332 g/mol. The van der Waals surface area contributed by atoms with Crippen LogP contribution >= 0.6 is 11.3 Å². The number of nitriles is 1. The van der Waals surface area contributed by atoms with E-state index in [2.05, 4.69) is 5.32 Å². The first-order valence-corrected chi connectivity index (χ1v) is 7.63. The first kappa shape index (κ1) is 17.3. The average molecular weight is 346 g/mol. The van der Waals surface area contributed by atoms with Gasteiger partial charge in [0.25, 0.3) is 5.91 Å². The van der Waals surface area contributed by atoms with Crippen molar-refractivity contribution in [3.63, 3.8) is 0 Å². The molecule has 0 fully saturated rings. The summed E-state index contributed by atoms with van der Waals surface area (Å²) in [5.41, 5.74) is 0.538. The number of nitrogens with zero attached hydrogens (tertiary/aromatic N) is 1. The molecule has 0 unspecified atom stereocenters. The number of ether oxygens (including phenoxy) is 3. The Balaban J connectivity index is 1.98. The molecule has 2 rings (SSSR count). The van der Waals surface area contributed by atoms with E-state index in [1.807, 2.05) is 6.07 Å². The van der Waals surface area contributed by atoms with Crippen molar-refractivity contribution in [3.05, 3.63) is 40.8 Å². The van der Waals surface area contributed by atoms with E-state index in [1.54, 1.807) is 23.6 Å². The van der Waals surface area contributed by atoms with Crippen LogP contribution in [0.2, 0.25) is 0 Å². The van der Waals surface area contributed by atoms with Crippen LogP contribution in [0, 0.1) is 11.3 Å². The van der Waals surface area contributed by atoms with Crippen molar-refractivity contribution < 1.29 is 23.8 Å². The van der Waals surface area contributed by atoms with Gasteiger partial charge in [-0.05, 0) is 23.6 Å². The Hall–Kier alpha value is -3.05. The van der Waals surface area contributed by atoms with Crippen molar-refractivity contribution in [1.29, 1.82) is 5.26 Å². The van der Waals surface area contributed by atoms with Gasteiger partial charge < -0.3 is 19.5 Å². The molecule has 7 nitrogen and oxygen atoms in total. The zero-order chi connectivity index (χ0) is 17.5. The molecule has 1 heterocycles. The van der Waals surface area contributed by atoms with Crippen molar-refractivity contribution in [2.24, 2.45) is 0 Å². The maximum atomic E-state index is 12.1. The van der Waals surface area contributed by atoms with Gasteiger partial charge in [-0.25, -0.2) is 4.79 Å². The van der Waals surface area contributed by atoms with E-state index >= 15 is 0 Å². The first-order valence-electron chi connectivity index (χ1n) is 6.75. The third-order valence-corrected chi connectivity index (χ3v) is 3.83. The Bertz CT molecular complexity index is 794. The summed E-state index contributed by atoms with van der Waals surface area (Å²) in [5, 5.41) is 13.5. The summed E-state index contributed by atoms with van der Waals surface area (Å²) in [5.74, 6) is -0.418. The molecule has 0 bridgehead atoms. The Morgan fingerprint density at radius 2 is 2.04 bits per heavy atom. The van der Waals surface area contributed by atoms with Gasteiger partial charge in [0.2, 0.25) is 0 Å². The van der Waals surface area contributed by atoms with Crippen molar-refractivity contribution in [2.45, 2.75) is 0 Å². The van der Waals surface area contributed by atoms with Crippen molar-refractivity contribution in [1.82, 2.24) is 0 Å². The molecule has 0 aliphatic rings. The van der Waals surface area contributed by atoms with E-state index < -0.39 is 18.5 Å². The molecule has 1 aromatic heterocycles. The van der Waals surface area contributed by atoms with Gasteiger partial charge in [-0.15, -0.1) is 11.3 Å². The summed E-state index contributed by atoms with van der Waals surface area (Å²) in [6.07, 6.45) is 0. The number of benzene rings is 1.